The van der Waals surface area contributed by atoms with Crippen LogP contribution in [0.15, 0.2) is 12.1 Å². The maximum atomic E-state index is 9.79. The van der Waals surface area contributed by atoms with E-state index in [2.05, 4.69) is 13.8 Å². The molecule has 0 aliphatic carbocycles. The van der Waals surface area contributed by atoms with Crippen LogP contribution in [0.1, 0.15) is 45.1 Å². The van der Waals surface area contributed by atoms with Crippen LogP contribution in [0.4, 0.5) is 0 Å². The number of unbranched alkanes of at least 4 members (excludes halogenated alkanes) is 2. The quantitative estimate of drug-likeness (QED) is 0.563. The molecule has 3 heteroatoms. The van der Waals surface area contributed by atoms with Gasteiger partial charge in [-0.2, -0.15) is 0 Å². The van der Waals surface area contributed by atoms with Gasteiger partial charge >= 0.3 is 0 Å². The number of aromatic hydroxyl groups is 2. The Morgan fingerprint density at radius 3 is 2.47 bits per heavy atom. The summed E-state index contributed by atoms with van der Waals surface area (Å²) in [6.07, 6.45) is 5.05. The van der Waals surface area contributed by atoms with Crippen molar-refractivity contribution in [3.63, 3.8) is 0 Å². The van der Waals surface area contributed by atoms with Gasteiger partial charge in [-0.25, -0.2) is 0 Å². The third-order valence-corrected chi connectivity index (χ3v) is 2.71. The van der Waals surface area contributed by atoms with Gasteiger partial charge in [-0.15, -0.1) is 0 Å². The molecule has 2 N–H and O–H groups in total. The largest absolute Gasteiger partial charge is 0.504 e. The van der Waals surface area contributed by atoms with Crippen molar-refractivity contribution in [2.45, 2.75) is 46.0 Å². The molecule has 17 heavy (non-hydrogen) atoms. The lowest BCUT2D eigenvalue weighted by molar-refractivity contribution is 0.281. The molecule has 0 saturated carbocycles. The van der Waals surface area contributed by atoms with Crippen molar-refractivity contribution in [2.24, 2.45) is 0 Å². The van der Waals surface area contributed by atoms with Gasteiger partial charge in [0, 0.05) is 0 Å². The predicted octanol–water partition coefficient (Wildman–Crippen LogP) is 3.62. The molecule has 0 bridgehead atoms. The summed E-state index contributed by atoms with van der Waals surface area (Å²) in [6, 6.07) is 3.33. The second kappa shape index (κ2) is 7.05. The first-order chi connectivity index (χ1) is 8.20. The molecule has 0 saturated heterocycles. The number of ether oxygens (including phenoxy) is 1. The van der Waals surface area contributed by atoms with Gasteiger partial charge in [0.2, 0.25) is 5.75 Å². The SMILES string of the molecule is CCCCCOc1c(CCC)ccc(O)c1O. The molecule has 1 aromatic carbocycles. The maximum Gasteiger partial charge on any atom is 0.200 e. The molecule has 0 unspecified atom stereocenters. The number of hydrogen-bond acceptors (Lipinski definition) is 3. The number of rotatable bonds is 7. The van der Waals surface area contributed by atoms with Crippen molar-refractivity contribution < 1.29 is 14.9 Å². The van der Waals surface area contributed by atoms with Crippen molar-refractivity contribution >= 4 is 0 Å². The van der Waals surface area contributed by atoms with Gasteiger partial charge in [-0.3, -0.25) is 0 Å². The highest BCUT2D eigenvalue weighted by Gasteiger charge is 2.12. The van der Waals surface area contributed by atoms with E-state index in [9.17, 15) is 10.2 Å². The van der Waals surface area contributed by atoms with E-state index in [0.717, 1.165) is 37.7 Å². The molecule has 0 atom stereocenters. The topological polar surface area (TPSA) is 49.7 Å². The van der Waals surface area contributed by atoms with Gasteiger partial charge in [-0.1, -0.05) is 39.2 Å². The van der Waals surface area contributed by atoms with Gasteiger partial charge in [0.1, 0.15) is 0 Å². The zero-order valence-corrected chi connectivity index (χ0v) is 10.7. The molecule has 0 amide bonds. The van der Waals surface area contributed by atoms with Crippen molar-refractivity contribution in [1.29, 1.82) is 0 Å². The minimum absolute atomic E-state index is 0.115. The smallest absolute Gasteiger partial charge is 0.200 e. The highest BCUT2D eigenvalue weighted by Crippen LogP contribution is 2.38. The molecule has 1 rings (SSSR count). The highest BCUT2D eigenvalue weighted by molar-refractivity contribution is 5.54. The number of benzene rings is 1. The van der Waals surface area contributed by atoms with Crippen LogP contribution in [0.2, 0.25) is 0 Å². The standard InChI is InChI=1S/C14H22O3/c1-3-5-6-10-17-14-11(7-4-2)8-9-12(15)13(14)16/h8-9,15-16H,3-7,10H2,1-2H3. The fraction of sp³-hybridized carbons (Fsp3) is 0.571. The van der Waals surface area contributed by atoms with Crippen LogP contribution in [0.25, 0.3) is 0 Å². The lowest BCUT2D eigenvalue weighted by Gasteiger charge is -2.13. The monoisotopic (exact) mass is 238 g/mol. The number of phenolic OH excluding ortho intramolecular Hbond substituents is 2. The highest BCUT2D eigenvalue weighted by atomic mass is 16.5. The molecule has 0 aromatic heterocycles. The van der Waals surface area contributed by atoms with E-state index in [4.69, 9.17) is 4.74 Å². The first kappa shape index (κ1) is 13.7. The second-order valence-electron chi connectivity index (χ2n) is 4.23. The van der Waals surface area contributed by atoms with E-state index in [0.29, 0.717) is 12.4 Å². The molecule has 1 aromatic rings. The zero-order chi connectivity index (χ0) is 12.7. The zero-order valence-electron chi connectivity index (χ0n) is 10.7. The van der Waals surface area contributed by atoms with Crippen molar-refractivity contribution in [3.05, 3.63) is 17.7 Å². The number of phenols is 2. The Hall–Kier alpha value is -1.38. The van der Waals surface area contributed by atoms with Crippen LogP contribution < -0.4 is 4.74 Å². The Balaban J connectivity index is 2.75. The van der Waals surface area contributed by atoms with E-state index < -0.39 is 0 Å². The van der Waals surface area contributed by atoms with Gasteiger partial charge in [0.05, 0.1) is 6.61 Å². The van der Waals surface area contributed by atoms with Crippen molar-refractivity contribution in [2.75, 3.05) is 6.61 Å². The van der Waals surface area contributed by atoms with Crippen molar-refractivity contribution in [1.82, 2.24) is 0 Å². The third-order valence-electron chi connectivity index (χ3n) is 2.71. The fourth-order valence-corrected chi connectivity index (χ4v) is 1.76. The summed E-state index contributed by atoms with van der Waals surface area (Å²) in [5.74, 6) is 0.200. The van der Waals surface area contributed by atoms with E-state index in [-0.39, 0.29) is 11.5 Å². The Labute approximate surface area is 103 Å². The molecular weight excluding hydrogens is 216 g/mol. The fourth-order valence-electron chi connectivity index (χ4n) is 1.76. The molecule has 0 heterocycles. The van der Waals surface area contributed by atoms with Crippen LogP contribution in [0, 0.1) is 0 Å². The molecule has 0 aliphatic rings. The Kier molecular flexibility index (Phi) is 5.67. The summed E-state index contributed by atoms with van der Waals surface area (Å²) in [7, 11) is 0. The van der Waals surface area contributed by atoms with Gasteiger partial charge in [-0.05, 0) is 24.5 Å². The molecule has 0 aliphatic heterocycles. The Bertz CT molecular complexity index is 348. The molecule has 0 spiro atoms. The average molecular weight is 238 g/mol. The number of hydrogen-bond donors (Lipinski definition) is 2. The Morgan fingerprint density at radius 2 is 1.82 bits per heavy atom. The summed E-state index contributed by atoms with van der Waals surface area (Å²) in [6.45, 7) is 4.79. The summed E-state index contributed by atoms with van der Waals surface area (Å²) in [4.78, 5) is 0. The summed E-state index contributed by atoms with van der Waals surface area (Å²) in [5, 5.41) is 19.3. The lowest BCUT2D eigenvalue weighted by Crippen LogP contribution is -2.00. The Morgan fingerprint density at radius 1 is 1.06 bits per heavy atom. The molecule has 96 valence electrons. The predicted molar refractivity (Wildman–Crippen MR) is 68.8 cm³/mol. The summed E-state index contributed by atoms with van der Waals surface area (Å²) >= 11 is 0. The van der Waals surface area contributed by atoms with E-state index in [1.54, 1.807) is 0 Å². The third kappa shape index (κ3) is 3.84. The molecule has 0 radical (unpaired) electrons. The normalized spacial score (nSPS) is 10.5. The lowest BCUT2D eigenvalue weighted by atomic mass is 10.1. The van der Waals surface area contributed by atoms with E-state index in [1.165, 1.54) is 6.07 Å². The summed E-state index contributed by atoms with van der Waals surface area (Å²) < 4.78 is 5.59. The van der Waals surface area contributed by atoms with Crippen LogP contribution in [-0.4, -0.2) is 16.8 Å². The minimum atomic E-state index is -0.132. The molecule has 0 fully saturated rings. The van der Waals surface area contributed by atoms with Gasteiger partial charge < -0.3 is 14.9 Å². The number of aryl methyl sites for hydroxylation is 1. The average Bonchev–Trinajstić information content (AvgIpc) is 2.33. The summed E-state index contributed by atoms with van der Waals surface area (Å²) in [5.41, 5.74) is 0.958. The molecular formula is C14H22O3. The minimum Gasteiger partial charge on any atom is -0.504 e. The van der Waals surface area contributed by atoms with Crippen LogP contribution in [-0.2, 0) is 6.42 Å². The van der Waals surface area contributed by atoms with Crippen molar-refractivity contribution in [3.8, 4) is 17.2 Å². The maximum absolute atomic E-state index is 9.79. The van der Waals surface area contributed by atoms with E-state index >= 15 is 0 Å². The van der Waals surface area contributed by atoms with Gasteiger partial charge in [0.15, 0.2) is 11.5 Å². The second-order valence-corrected chi connectivity index (χ2v) is 4.23. The van der Waals surface area contributed by atoms with Crippen LogP contribution in [0.5, 0.6) is 17.2 Å². The van der Waals surface area contributed by atoms with E-state index in [1.807, 2.05) is 6.07 Å². The van der Waals surface area contributed by atoms with Gasteiger partial charge in [0.25, 0.3) is 0 Å². The first-order valence-electron chi connectivity index (χ1n) is 6.37. The van der Waals surface area contributed by atoms with Crippen LogP contribution in [0.3, 0.4) is 0 Å². The molecule has 3 nitrogen and oxygen atoms in total. The first-order valence-corrected chi connectivity index (χ1v) is 6.37. The van der Waals surface area contributed by atoms with Crippen LogP contribution >= 0.6 is 0 Å².